The number of hydrogen-bond acceptors (Lipinski definition) is 3. The van der Waals surface area contributed by atoms with Crippen LogP contribution in [0.25, 0.3) is 0 Å². The van der Waals surface area contributed by atoms with Crippen molar-refractivity contribution in [3.05, 3.63) is 0 Å². The van der Waals surface area contributed by atoms with E-state index in [4.69, 9.17) is 10.5 Å². The molecule has 1 aliphatic heterocycles. The lowest BCUT2D eigenvalue weighted by Crippen LogP contribution is -2.44. The molecule has 1 aliphatic carbocycles. The second kappa shape index (κ2) is 3.54. The molecule has 0 spiro atoms. The number of hydrogen-bond donors (Lipinski definition) is 1. The average Bonchev–Trinajstić information content (AvgIpc) is 2.32. The van der Waals surface area contributed by atoms with Crippen LogP contribution in [0.1, 0.15) is 19.3 Å². The summed E-state index contributed by atoms with van der Waals surface area (Å²) in [6.07, 6.45) is 3.55. The lowest BCUT2D eigenvalue weighted by Gasteiger charge is -2.32. The Hall–Kier alpha value is -0.770. The van der Waals surface area contributed by atoms with E-state index in [2.05, 4.69) is 0 Å². The molecule has 2 aliphatic rings. The predicted octanol–water partition coefficient (Wildman–Crippen LogP) is 0.566. The van der Waals surface area contributed by atoms with Crippen molar-refractivity contribution in [2.24, 2.45) is 11.7 Å². The van der Waals surface area contributed by atoms with Crippen LogP contribution in [0.5, 0.6) is 0 Å². The van der Waals surface area contributed by atoms with E-state index in [0.717, 1.165) is 0 Å². The monoisotopic (exact) mass is 184 g/mol. The third-order valence-corrected chi connectivity index (χ3v) is 3.03. The van der Waals surface area contributed by atoms with Crippen LogP contribution in [-0.2, 0) is 4.74 Å². The summed E-state index contributed by atoms with van der Waals surface area (Å²) >= 11 is 0. The van der Waals surface area contributed by atoms with Gasteiger partial charge in [-0.1, -0.05) is 6.42 Å². The van der Waals surface area contributed by atoms with Gasteiger partial charge in [0.15, 0.2) is 0 Å². The molecule has 0 aromatic rings. The standard InChI is InChI=1S/C9H16N2O2/c10-8(7-2-1-3-7)6-11-4-5-13-9(11)12/h7-8H,1-6,10H2. The van der Waals surface area contributed by atoms with Gasteiger partial charge in [-0.15, -0.1) is 0 Å². The van der Waals surface area contributed by atoms with Crippen molar-refractivity contribution in [3.63, 3.8) is 0 Å². The second-order valence-electron chi connectivity index (χ2n) is 3.92. The zero-order valence-electron chi connectivity index (χ0n) is 7.74. The molecular weight excluding hydrogens is 168 g/mol. The van der Waals surface area contributed by atoms with Crippen molar-refractivity contribution in [2.45, 2.75) is 25.3 Å². The van der Waals surface area contributed by atoms with Gasteiger partial charge in [-0.05, 0) is 18.8 Å². The summed E-state index contributed by atoms with van der Waals surface area (Å²) in [7, 11) is 0. The molecule has 4 heteroatoms. The summed E-state index contributed by atoms with van der Waals surface area (Å²) in [5, 5.41) is 0. The van der Waals surface area contributed by atoms with Gasteiger partial charge in [0.05, 0.1) is 6.54 Å². The van der Waals surface area contributed by atoms with E-state index in [1.165, 1.54) is 19.3 Å². The molecule has 4 nitrogen and oxygen atoms in total. The lowest BCUT2D eigenvalue weighted by molar-refractivity contribution is 0.150. The smallest absolute Gasteiger partial charge is 0.409 e. The maximum absolute atomic E-state index is 11.1. The molecule has 0 radical (unpaired) electrons. The summed E-state index contributed by atoms with van der Waals surface area (Å²) in [6, 6.07) is 0.152. The molecule has 1 saturated heterocycles. The molecule has 13 heavy (non-hydrogen) atoms. The first-order valence-electron chi connectivity index (χ1n) is 4.94. The number of amides is 1. The minimum atomic E-state index is -0.199. The molecule has 74 valence electrons. The maximum atomic E-state index is 11.1. The molecule has 2 fully saturated rings. The number of rotatable bonds is 3. The van der Waals surface area contributed by atoms with Crippen LogP contribution < -0.4 is 5.73 Å². The Labute approximate surface area is 78.0 Å². The summed E-state index contributed by atoms with van der Waals surface area (Å²) < 4.78 is 4.83. The topological polar surface area (TPSA) is 55.6 Å². The minimum absolute atomic E-state index is 0.152. The summed E-state index contributed by atoms with van der Waals surface area (Å²) in [5.41, 5.74) is 5.97. The third-order valence-electron chi connectivity index (χ3n) is 3.03. The molecule has 0 bridgehead atoms. The SMILES string of the molecule is NC(CN1CCOC1=O)C1CCC1. The first-order valence-corrected chi connectivity index (χ1v) is 4.94. The highest BCUT2D eigenvalue weighted by Crippen LogP contribution is 2.29. The van der Waals surface area contributed by atoms with Crippen molar-refractivity contribution < 1.29 is 9.53 Å². The number of carbonyl (C=O) groups is 1. The molecule has 2 rings (SSSR count). The number of ether oxygens (including phenoxy) is 1. The molecule has 1 amide bonds. The molecule has 1 unspecified atom stereocenters. The highest BCUT2D eigenvalue weighted by Gasteiger charge is 2.29. The fraction of sp³-hybridized carbons (Fsp3) is 0.889. The van der Waals surface area contributed by atoms with Gasteiger partial charge < -0.3 is 15.4 Å². The van der Waals surface area contributed by atoms with Gasteiger partial charge in [-0.2, -0.15) is 0 Å². The number of nitrogens with zero attached hydrogens (tertiary/aromatic N) is 1. The van der Waals surface area contributed by atoms with E-state index in [-0.39, 0.29) is 12.1 Å². The molecule has 1 saturated carbocycles. The Balaban J connectivity index is 1.79. The van der Waals surface area contributed by atoms with Crippen LogP contribution in [-0.4, -0.2) is 36.7 Å². The molecule has 1 atom stereocenters. The first kappa shape index (κ1) is 8.81. The minimum Gasteiger partial charge on any atom is -0.448 e. The Morgan fingerprint density at radius 1 is 1.62 bits per heavy atom. The van der Waals surface area contributed by atoms with Gasteiger partial charge in [0, 0.05) is 12.6 Å². The van der Waals surface area contributed by atoms with Crippen molar-refractivity contribution in [1.29, 1.82) is 0 Å². The van der Waals surface area contributed by atoms with Gasteiger partial charge in [0.1, 0.15) is 6.61 Å². The Morgan fingerprint density at radius 2 is 2.38 bits per heavy atom. The third kappa shape index (κ3) is 1.77. The van der Waals surface area contributed by atoms with Gasteiger partial charge in [-0.3, -0.25) is 0 Å². The summed E-state index contributed by atoms with van der Waals surface area (Å²) in [4.78, 5) is 12.8. The second-order valence-corrected chi connectivity index (χ2v) is 3.92. The van der Waals surface area contributed by atoms with Crippen molar-refractivity contribution in [1.82, 2.24) is 4.90 Å². The Kier molecular flexibility index (Phi) is 2.40. The fourth-order valence-corrected chi connectivity index (χ4v) is 1.86. The Bertz CT molecular complexity index is 204. The van der Waals surface area contributed by atoms with Crippen LogP contribution in [0, 0.1) is 5.92 Å². The summed E-state index contributed by atoms with van der Waals surface area (Å²) in [6.45, 7) is 1.90. The number of nitrogens with two attached hydrogens (primary N) is 1. The molecule has 1 heterocycles. The highest BCUT2D eigenvalue weighted by molar-refractivity contribution is 5.69. The van der Waals surface area contributed by atoms with Crippen LogP contribution in [0.2, 0.25) is 0 Å². The van der Waals surface area contributed by atoms with E-state index >= 15 is 0 Å². The quantitative estimate of drug-likeness (QED) is 0.697. The van der Waals surface area contributed by atoms with E-state index in [9.17, 15) is 4.79 Å². The van der Waals surface area contributed by atoms with Crippen molar-refractivity contribution in [2.75, 3.05) is 19.7 Å². The van der Waals surface area contributed by atoms with Crippen LogP contribution in [0.4, 0.5) is 4.79 Å². The van der Waals surface area contributed by atoms with E-state index in [1.54, 1.807) is 4.90 Å². The van der Waals surface area contributed by atoms with E-state index < -0.39 is 0 Å². The Morgan fingerprint density at radius 3 is 2.85 bits per heavy atom. The van der Waals surface area contributed by atoms with E-state index in [0.29, 0.717) is 25.6 Å². The molecule has 0 aromatic carbocycles. The zero-order valence-corrected chi connectivity index (χ0v) is 7.74. The largest absolute Gasteiger partial charge is 0.448 e. The average molecular weight is 184 g/mol. The molecular formula is C9H16N2O2. The van der Waals surface area contributed by atoms with Crippen molar-refractivity contribution >= 4 is 6.09 Å². The highest BCUT2D eigenvalue weighted by atomic mass is 16.6. The maximum Gasteiger partial charge on any atom is 0.409 e. The lowest BCUT2D eigenvalue weighted by atomic mass is 9.80. The predicted molar refractivity (Wildman–Crippen MR) is 48.2 cm³/mol. The zero-order chi connectivity index (χ0) is 9.26. The summed E-state index contributed by atoms with van der Waals surface area (Å²) in [5.74, 6) is 0.633. The number of cyclic esters (lactones) is 1. The van der Waals surface area contributed by atoms with Gasteiger partial charge >= 0.3 is 6.09 Å². The fourth-order valence-electron chi connectivity index (χ4n) is 1.86. The van der Waals surface area contributed by atoms with Crippen LogP contribution in [0.15, 0.2) is 0 Å². The van der Waals surface area contributed by atoms with Gasteiger partial charge in [-0.25, -0.2) is 4.79 Å². The molecule has 0 aromatic heterocycles. The van der Waals surface area contributed by atoms with Crippen molar-refractivity contribution in [3.8, 4) is 0 Å². The molecule has 2 N–H and O–H groups in total. The van der Waals surface area contributed by atoms with Crippen LogP contribution in [0.3, 0.4) is 0 Å². The normalized spacial score (nSPS) is 25.6. The van der Waals surface area contributed by atoms with E-state index in [1.807, 2.05) is 0 Å². The number of carbonyl (C=O) groups excluding carboxylic acids is 1. The van der Waals surface area contributed by atoms with Crippen LogP contribution >= 0.6 is 0 Å². The first-order chi connectivity index (χ1) is 6.27. The van der Waals surface area contributed by atoms with Gasteiger partial charge in [0.25, 0.3) is 0 Å². The van der Waals surface area contributed by atoms with Gasteiger partial charge in [0.2, 0.25) is 0 Å².